The summed E-state index contributed by atoms with van der Waals surface area (Å²) >= 11 is 3.60. The van der Waals surface area contributed by atoms with Crippen LogP contribution in [0.1, 0.15) is 30.9 Å². The summed E-state index contributed by atoms with van der Waals surface area (Å²) < 4.78 is 19.2. The molecule has 0 radical (unpaired) electrons. The minimum Gasteiger partial charge on any atom is -0.381 e. The first kappa shape index (κ1) is 24.8. The van der Waals surface area contributed by atoms with Crippen LogP contribution in [0.25, 0.3) is 0 Å². The monoisotopic (exact) mass is 527 g/mol. The molecule has 1 aromatic rings. The highest BCUT2D eigenvalue weighted by atomic mass is 127. The molecule has 1 heterocycles. The van der Waals surface area contributed by atoms with Crippen LogP contribution in [0.2, 0.25) is 0 Å². The smallest absolute Gasteiger partial charge is 0.191 e. The Kier molecular flexibility index (Phi) is 12.1. The van der Waals surface area contributed by atoms with Gasteiger partial charge in [-0.25, -0.2) is 9.38 Å². The number of nitrogens with zero attached hydrogens (tertiary/aromatic N) is 1. The fourth-order valence-corrected chi connectivity index (χ4v) is 4.36. The molecular weight excluding hydrogens is 496 g/mol. The summed E-state index contributed by atoms with van der Waals surface area (Å²) in [6.07, 6.45) is 6.30. The van der Waals surface area contributed by atoms with Crippen LogP contribution < -0.4 is 10.6 Å². The Bertz CT molecular complexity index is 598. The summed E-state index contributed by atoms with van der Waals surface area (Å²) in [7, 11) is 0. The molecule has 0 unspecified atom stereocenters. The van der Waals surface area contributed by atoms with Gasteiger partial charge in [0, 0.05) is 36.8 Å². The highest BCUT2D eigenvalue weighted by molar-refractivity contribution is 14.0. The molecule has 2 N–H and O–H groups in total. The van der Waals surface area contributed by atoms with E-state index in [1.807, 2.05) is 24.1 Å². The third-order valence-electron chi connectivity index (χ3n) is 4.63. The topological polar surface area (TPSA) is 45.7 Å². The number of nitrogens with one attached hydrogen (secondary N) is 2. The van der Waals surface area contributed by atoms with Crippen molar-refractivity contribution < 1.29 is 9.13 Å². The lowest BCUT2D eigenvalue weighted by Gasteiger charge is -2.36. The largest absolute Gasteiger partial charge is 0.381 e. The second kappa shape index (κ2) is 13.1. The Morgan fingerprint density at radius 2 is 1.96 bits per heavy atom. The lowest BCUT2D eigenvalue weighted by atomic mass is 9.99. The molecule has 0 spiro atoms. The normalized spacial score (nSPS) is 16.5. The molecule has 0 aromatic heterocycles. The van der Waals surface area contributed by atoms with Gasteiger partial charge < -0.3 is 15.4 Å². The molecule has 2 rings (SSSR count). The highest BCUT2D eigenvalue weighted by Gasteiger charge is 2.31. The summed E-state index contributed by atoms with van der Waals surface area (Å²) in [5.41, 5.74) is 2.09. The van der Waals surface area contributed by atoms with Crippen molar-refractivity contribution >= 4 is 53.5 Å². The highest BCUT2D eigenvalue weighted by Crippen LogP contribution is 2.32. The van der Waals surface area contributed by atoms with E-state index in [2.05, 4.69) is 23.8 Å². The zero-order chi connectivity index (χ0) is 18.8. The predicted octanol–water partition coefficient (Wildman–Crippen LogP) is 4.27. The summed E-state index contributed by atoms with van der Waals surface area (Å²) in [5, 5.41) is 6.81. The molecule has 154 valence electrons. The van der Waals surface area contributed by atoms with Crippen molar-refractivity contribution in [2.45, 2.75) is 36.8 Å². The van der Waals surface area contributed by atoms with Crippen LogP contribution in [0.5, 0.6) is 0 Å². The molecule has 0 atom stereocenters. The van der Waals surface area contributed by atoms with E-state index in [1.54, 1.807) is 17.8 Å². The van der Waals surface area contributed by atoms with Gasteiger partial charge in [-0.3, -0.25) is 0 Å². The maximum absolute atomic E-state index is 13.5. The van der Waals surface area contributed by atoms with Crippen LogP contribution in [0.15, 0.2) is 23.2 Å². The molecule has 1 aliphatic rings. The van der Waals surface area contributed by atoms with Crippen LogP contribution in [-0.2, 0) is 17.0 Å². The Labute approximate surface area is 188 Å². The van der Waals surface area contributed by atoms with Gasteiger partial charge in [-0.2, -0.15) is 23.5 Å². The lowest BCUT2D eigenvalue weighted by Crippen LogP contribution is -2.47. The number of aliphatic imine (C=N–C) groups is 1. The van der Waals surface area contributed by atoms with E-state index in [0.29, 0.717) is 6.54 Å². The van der Waals surface area contributed by atoms with Crippen LogP contribution in [0.3, 0.4) is 0 Å². The Morgan fingerprint density at radius 1 is 1.22 bits per heavy atom. The average molecular weight is 528 g/mol. The molecule has 4 nitrogen and oxygen atoms in total. The van der Waals surface area contributed by atoms with Crippen LogP contribution in [-0.4, -0.2) is 49.5 Å². The molecule has 1 saturated heterocycles. The second-order valence-electron chi connectivity index (χ2n) is 6.39. The molecule has 0 aliphatic carbocycles. The van der Waals surface area contributed by atoms with Crippen LogP contribution >= 0.6 is 47.5 Å². The van der Waals surface area contributed by atoms with Crippen molar-refractivity contribution in [3.63, 3.8) is 0 Å². The fraction of sp³-hybridized carbons (Fsp3) is 0.632. The number of hydrogen-bond acceptors (Lipinski definition) is 4. The summed E-state index contributed by atoms with van der Waals surface area (Å²) in [6, 6.07) is 4.97. The first-order valence-corrected chi connectivity index (χ1v) is 11.7. The van der Waals surface area contributed by atoms with Crippen LogP contribution in [0, 0.1) is 5.82 Å². The Balaban J connectivity index is 0.00000364. The number of rotatable bonds is 8. The molecule has 1 aliphatic heterocycles. The minimum atomic E-state index is -0.187. The molecule has 0 amide bonds. The summed E-state index contributed by atoms with van der Waals surface area (Å²) in [4.78, 5) is 4.73. The third kappa shape index (κ3) is 7.98. The number of benzene rings is 1. The van der Waals surface area contributed by atoms with Crippen molar-refractivity contribution in [3.05, 3.63) is 35.1 Å². The Hall–Kier alpha value is -0.190. The Morgan fingerprint density at radius 3 is 2.59 bits per heavy atom. The molecule has 1 fully saturated rings. The molecule has 0 saturated carbocycles. The molecule has 8 heteroatoms. The zero-order valence-corrected chi connectivity index (χ0v) is 20.3. The van der Waals surface area contributed by atoms with Gasteiger partial charge in [0.25, 0.3) is 0 Å². The standard InChI is InChI=1S/C19H30FN3OS2.HI/c1-4-21-18(23-14-19(26-3)7-9-24-10-8-19)22-12-15-5-6-17(20)11-16(15)13-25-2;/h5-6,11H,4,7-10,12-14H2,1-3H3,(H2,21,22,23);1H. The molecule has 27 heavy (non-hydrogen) atoms. The van der Waals surface area contributed by atoms with Crippen molar-refractivity contribution in [1.82, 2.24) is 10.6 Å². The quantitative estimate of drug-likeness (QED) is 0.301. The van der Waals surface area contributed by atoms with Gasteiger partial charge in [-0.1, -0.05) is 6.07 Å². The molecular formula is C19H31FIN3OS2. The van der Waals surface area contributed by atoms with E-state index >= 15 is 0 Å². The molecule has 0 bridgehead atoms. The van der Waals surface area contributed by atoms with E-state index in [9.17, 15) is 4.39 Å². The number of thioether (sulfide) groups is 2. The zero-order valence-electron chi connectivity index (χ0n) is 16.3. The van der Waals surface area contributed by atoms with Gasteiger partial charge in [0.1, 0.15) is 5.82 Å². The predicted molar refractivity (Wildman–Crippen MR) is 128 cm³/mol. The van der Waals surface area contributed by atoms with Gasteiger partial charge in [-0.15, -0.1) is 24.0 Å². The number of guanidine groups is 1. The van der Waals surface area contributed by atoms with Gasteiger partial charge in [0.15, 0.2) is 5.96 Å². The number of halogens is 2. The first-order chi connectivity index (χ1) is 12.6. The average Bonchev–Trinajstić information content (AvgIpc) is 2.66. The maximum atomic E-state index is 13.5. The van der Waals surface area contributed by atoms with E-state index in [4.69, 9.17) is 9.73 Å². The van der Waals surface area contributed by atoms with Crippen LogP contribution in [0.4, 0.5) is 4.39 Å². The van der Waals surface area contributed by atoms with Gasteiger partial charge >= 0.3 is 0 Å². The van der Waals surface area contributed by atoms with E-state index < -0.39 is 0 Å². The van der Waals surface area contributed by atoms with E-state index in [1.165, 1.54) is 6.07 Å². The van der Waals surface area contributed by atoms with Crippen molar-refractivity contribution in [2.75, 3.05) is 38.8 Å². The van der Waals surface area contributed by atoms with E-state index in [-0.39, 0.29) is 34.5 Å². The molecule has 1 aromatic carbocycles. The minimum absolute atomic E-state index is 0. The van der Waals surface area contributed by atoms with Gasteiger partial charge in [0.05, 0.1) is 6.54 Å². The number of ether oxygens (including phenoxy) is 1. The van der Waals surface area contributed by atoms with Gasteiger partial charge in [-0.05, 0) is 55.5 Å². The fourth-order valence-electron chi connectivity index (χ4n) is 2.99. The van der Waals surface area contributed by atoms with Crippen molar-refractivity contribution in [1.29, 1.82) is 0 Å². The summed E-state index contributed by atoms with van der Waals surface area (Å²) in [5.74, 6) is 1.42. The lowest BCUT2D eigenvalue weighted by molar-refractivity contribution is 0.0783. The SMILES string of the molecule is CCNC(=NCc1ccc(F)cc1CSC)NCC1(SC)CCOCC1.I. The van der Waals surface area contributed by atoms with Crippen molar-refractivity contribution in [2.24, 2.45) is 4.99 Å². The van der Waals surface area contributed by atoms with Gasteiger partial charge in [0.2, 0.25) is 0 Å². The van der Waals surface area contributed by atoms with Crippen molar-refractivity contribution in [3.8, 4) is 0 Å². The first-order valence-electron chi connectivity index (χ1n) is 9.04. The second-order valence-corrected chi connectivity index (χ2v) is 8.53. The van der Waals surface area contributed by atoms with E-state index in [0.717, 1.165) is 62.0 Å². The maximum Gasteiger partial charge on any atom is 0.191 e. The number of hydrogen-bond donors (Lipinski definition) is 2. The summed E-state index contributed by atoms with van der Waals surface area (Å²) in [6.45, 7) is 5.92. The third-order valence-corrected chi connectivity index (χ3v) is 6.65.